The van der Waals surface area contributed by atoms with Gasteiger partial charge in [0.25, 0.3) is 0 Å². The molecule has 2 rings (SSSR count). The maximum atomic E-state index is 12.2. The van der Waals surface area contributed by atoms with E-state index in [1.165, 1.54) is 7.11 Å². The summed E-state index contributed by atoms with van der Waals surface area (Å²) in [5.41, 5.74) is 2.85. The summed E-state index contributed by atoms with van der Waals surface area (Å²) >= 11 is 0. The van der Waals surface area contributed by atoms with Gasteiger partial charge < -0.3 is 15.4 Å². The van der Waals surface area contributed by atoms with Crippen molar-refractivity contribution in [3.63, 3.8) is 0 Å². The van der Waals surface area contributed by atoms with Crippen LogP contribution in [-0.2, 0) is 4.74 Å². The molecule has 0 heterocycles. The Morgan fingerprint density at radius 3 is 2.43 bits per heavy atom. The lowest BCUT2D eigenvalue weighted by atomic mass is 10.1. The van der Waals surface area contributed by atoms with E-state index in [0.29, 0.717) is 11.3 Å². The first kappa shape index (κ1) is 16.5. The molecule has 0 aromatic heterocycles. The molecular formula is C18H20N2O3. The van der Waals surface area contributed by atoms with Crippen LogP contribution in [0.5, 0.6) is 0 Å². The Bertz CT molecular complexity index is 699. The van der Waals surface area contributed by atoms with E-state index in [9.17, 15) is 9.59 Å². The van der Waals surface area contributed by atoms with E-state index in [2.05, 4.69) is 10.6 Å². The van der Waals surface area contributed by atoms with Crippen molar-refractivity contribution in [1.29, 1.82) is 0 Å². The highest BCUT2D eigenvalue weighted by atomic mass is 16.5. The molecule has 5 heteroatoms. The zero-order chi connectivity index (χ0) is 16.8. The van der Waals surface area contributed by atoms with Crippen LogP contribution in [0.4, 0.5) is 10.5 Å². The number of amides is 2. The smallest absolute Gasteiger partial charge is 0.337 e. The average Bonchev–Trinajstić information content (AvgIpc) is 2.56. The Labute approximate surface area is 135 Å². The SMILES string of the molecule is COC(=O)c1ccc(C)c(NC(=O)NC(C)c2ccccc2)c1. The molecular weight excluding hydrogens is 292 g/mol. The first-order chi connectivity index (χ1) is 11.0. The minimum atomic E-state index is -0.439. The standard InChI is InChI=1S/C18H20N2O3/c1-12-9-10-15(17(21)23-3)11-16(12)20-18(22)19-13(2)14-7-5-4-6-8-14/h4-11,13H,1-3H3,(H2,19,20,22). The van der Waals surface area contributed by atoms with Crippen molar-refractivity contribution in [3.05, 3.63) is 65.2 Å². The predicted molar refractivity (Wildman–Crippen MR) is 89.5 cm³/mol. The molecule has 0 aliphatic carbocycles. The lowest BCUT2D eigenvalue weighted by Gasteiger charge is -2.16. The highest BCUT2D eigenvalue weighted by Crippen LogP contribution is 2.18. The molecule has 0 fully saturated rings. The second-order valence-electron chi connectivity index (χ2n) is 5.25. The van der Waals surface area contributed by atoms with Crippen LogP contribution in [0.15, 0.2) is 48.5 Å². The molecule has 1 atom stereocenters. The summed E-state index contributed by atoms with van der Waals surface area (Å²) in [6, 6.07) is 14.3. The van der Waals surface area contributed by atoms with Crippen molar-refractivity contribution >= 4 is 17.7 Å². The van der Waals surface area contributed by atoms with Gasteiger partial charge in [-0.15, -0.1) is 0 Å². The van der Waals surface area contributed by atoms with E-state index in [-0.39, 0.29) is 12.1 Å². The van der Waals surface area contributed by atoms with Gasteiger partial charge in [-0.25, -0.2) is 9.59 Å². The molecule has 0 spiro atoms. The summed E-state index contributed by atoms with van der Waals surface area (Å²) < 4.78 is 4.69. The van der Waals surface area contributed by atoms with Gasteiger partial charge in [0.2, 0.25) is 0 Å². The lowest BCUT2D eigenvalue weighted by molar-refractivity contribution is 0.0600. The highest BCUT2D eigenvalue weighted by molar-refractivity contribution is 5.94. The number of hydrogen-bond acceptors (Lipinski definition) is 3. The predicted octanol–water partition coefficient (Wildman–Crippen LogP) is 3.66. The molecule has 0 radical (unpaired) electrons. The first-order valence-corrected chi connectivity index (χ1v) is 7.32. The van der Waals surface area contributed by atoms with Crippen LogP contribution in [-0.4, -0.2) is 19.1 Å². The lowest BCUT2D eigenvalue weighted by Crippen LogP contribution is -2.31. The third-order valence-electron chi connectivity index (χ3n) is 3.55. The monoisotopic (exact) mass is 312 g/mol. The topological polar surface area (TPSA) is 67.4 Å². The van der Waals surface area contributed by atoms with E-state index < -0.39 is 5.97 Å². The molecule has 5 nitrogen and oxygen atoms in total. The van der Waals surface area contributed by atoms with Gasteiger partial charge in [-0.3, -0.25) is 0 Å². The van der Waals surface area contributed by atoms with Gasteiger partial charge in [-0.1, -0.05) is 36.4 Å². The van der Waals surface area contributed by atoms with Crippen LogP contribution >= 0.6 is 0 Å². The Hall–Kier alpha value is -2.82. The van der Waals surface area contributed by atoms with Crippen LogP contribution in [0, 0.1) is 6.92 Å². The summed E-state index contributed by atoms with van der Waals surface area (Å²) in [7, 11) is 1.32. The van der Waals surface area contributed by atoms with Gasteiger partial charge in [0, 0.05) is 5.69 Å². The van der Waals surface area contributed by atoms with Crippen molar-refractivity contribution in [2.24, 2.45) is 0 Å². The molecule has 0 aliphatic heterocycles. The van der Waals surface area contributed by atoms with Crippen molar-refractivity contribution in [1.82, 2.24) is 5.32 Å². The number of carbonyl (C=O) groups excluding carboxylic acids is 2. The van der Waals surface area contributed by atoms with Crippen molar-refractivity contribution in [2.75, 3.05) is 12.4 Å². The van der Waals surface area contributed by atoms with Crippen molar-refractivity contribution < 1.29 is 14.3 Å². The fraction of sp³-hybridized carbons (Fsp3) is 0.222. The Kier molecular flexibility index (Phi) is 5.36. The number of methoxy groups -OCH3 is 1. The van der Waals surface area contributed by atoms with Crippen LogP contribution in [0.1, 0.15) is 34.5 Å². The van der Waals surface area contributed by atoms with Crippen molar-refractivity contribution in [2.45, 2.75) is 19.9 Å². The summed E-state index contributed by atoms with van der Waals surface area (Å²) in [6.45, 7) is 3.77. The highest BCUT2D eigenvalue weighted by Gasteiger charge is 2.12. The number of aryl methyl sites for hydroxylation is 1. The summed E-state index contributed by atoms with van der Waals surface area (Å²) in [5, 5.41) is 5.64. The van der Waals surface area contributed by atoms with E-state index in [4.69, 9.17) is 4.74 Å². The molecule has 2 aromatic carbocycles. The minimum Gasteiger partial charge on any atom is -0.465 e. The zero-order valence-corrected chi connectivity index (χ0v) is 13.4. The second kappa shape index (κ2) is 7.45. The number of nitrogens with one attached hydrogen (secondary N) is 2. The average molecular weight is 312 g/mol. The molecule has 2 amide bonds. The van der Waals surface area contributed by atoms with Crippen molar-refractivity contribution in [3.8, 4) is 0 Å². The van der Waals surface area contributed by atoms with E-state index in [1.807, 2.05) is 44.2 Å². The van der Waals surface area contributed by atoms with Gasteiger partial charge in [-0.2, -0.15) is 0 Å². The van der Waals surface area contributed by atoms with Crippen LogP contribution in [0.2, 0.25) is 0 Å². The number of ether oxygens (including phenoxy) is 1. The maximum Gasteiger partial charge on any atom is 0.337 e. The molecule has 23 heavy (non-hydrogen) atoms. The first-order valence-electron chi connectivity index (χ1n) is 7.32. The van der Waals surface area contributed by atoms with Gasteiger partial charge in [0.05, 0.1) is 18.7 Å². The van der Waals surface area contributed by atoms with Crippen LogP contribution < -0.4 is 10.6 Å². The van der Waals surface area contributed by atoms with Gasteiger partial charge in [-0.05, 0) is 37.1 Å². The van der Waals surface area contributed by atoms with Gasteiger partial charge >= 0.3 is 12.0 Å². The van der Waals surface area contributed by atoms with E-state index in [0.717, 1.165) is 11.1 Å². The number of carbonyl (C=O) groups is 2. The maximum absolute atomic E-state index is 12.2. The minimum absolute atomic E-state index is 0.125. The number of anilines is 1. The molecule has 1 unspecified atom stereocenters. The Morgan fingerprint density at radius 2 is 1.78 bits per heavy atom. The molecule has 2 N–H and O–H groups in total. The molecule has 0 saturated carbocycles. The quantitative estimate of drug-likeness (QED) is 0.847. The third kappa shape index (κ3) is 4.32. The number of benzene rings is 2. The fourth-order valence-electron chi connectivity index (χ4n) is 2.18. The summed E-state index contributed by atoms with van der Waals surface area (Å²) in [4.78, 5) is 23.7. The second-order valence-corrected chi connectivity index (χ2v) is 5.25. The fourth-order valence-corrected chi connectivity index (χ4v) is 2.18. The molecule has 2 aromatic rings. The molecule has 120 valence electrons. The van der Waals surface area contributed by atoms with Crippen LogP contribution in [0.25, 0.3) is 0 Å². The Balaban J connectivity index is 2.06. The van der Waals surface area contributed by atoms with Gasteiger partial charge in [0.15, 0.2) is 0 Å². The van der Waals surface area contributed by atoms with E-state index in [1.54, 1.807) is 18.2 Å². The molecule has 0 aliphatic rings. The third-order valence-corrected chi connectivity index (χ3v) is 3.55. The summed E-state index contributed by atoms with van der Waals surface area (Å²) in [5.74, 6) is -0.439. The summed E-state index contributed by atoms with van der Waals surface area (Å²) in [6.07, 6.45) is 0. The zero-order valence-electron chi connectivity index (χ0n) is 13.4. The number of esters is 1. The number of hydrogen-bond donors (Lipinski definition) is 2. The van der Waals surface area contributed by atoms with Crippen LogP contribution in [0.3, 0.4) is 0 Å². The Morgan fingerprint density at radius 1 is 1.09 bits per heavy atom. The molecule has 0 saturated heterocycles. The number of rotatable bonds is 4. The van der Waals surface area contributed by atoms with Gasteiger partial charge in [0.1, 0.15) is 0 Å². The molecule has 0 bridgehead atoms. The van der Waals surface area contributed by atoms with E-state index >= 15 is 0 Å². The normalized spacial score (nSPS) is 11.4. The number of urea groups is 1. The largest absolute Gasteiger partial charge is 0.465 e.